The first kappa shape index (κ1) is 23.9. The topological polar surface area (TPSA) is 104 Å². The number of benzene rings is 1. The minimum Gasteiger partial charge on any atom is -0.456 e. The predicted molar refractivity (Wildman–Crippen MR) is 121 cm³/mol. The molecule has 8 nitrogen and oxygen atoms in total. The van der Waals surface area contributed by atoms with Crippen molar-refractivity contribution >= 4 is 27.9 Å². The van der Waals surface area contributed by atoms with E-state index in [0.29, 0.717) is 17.7 Å². The Labute approximate surface area is 188 Å². The minimum absolute atomic E-state index is 0.143. The fraction of sp³-hybridized carbons (Fsp3) is 0.391. The molecule has 1 aromatic heterocycles. The summed E-state index contributed by atoms with van der Waals surface area (Å²) >= 11 is 0. The van der Waals surface area contributed by atoms with Gasteiger partial charge in [-0.2, -0.15) is 0 Å². The van der Waals surface area contributed by atoms with Crippen LogP contribution < -0.4 is 4.72 Å². The van der Waals surface area contributed by atoms with Crippen LogP contribution in [0.5, 0.6) is 0 Å². The molecule has 2 aromatic rings. The van der Waals surface area contributed by atoms with Crippen LogP contribution in [0, 0.1) is 13.8 Å². The number of aromatic nitrogens is 1. The van der Waals surface area contributed by atoms with Crippen LogP contribution >= 0.6 is 0 Å². The molecular weight excluding hydrogens is 432 g/mol. The van der Waals surface area contributed by atoms with Gasteiger partial charge in [0, 0.05) is 35.5 Å². The summed E-state index contributed by atoms with van der Waals surface area (Å²) < 4.78 is 38.9. The Bertz CT molecular complexity index is 1080. The van der Waals surface area contributed by atoms with Crippen molar-refractivity contribution in [2.75, 3.05) is 19.8 Å². The Kier molecular flexibility index (Phi) is 8.00. The van der Waals surface area contributed by atoms with Gasteiger partial charge in [-0.15, -0.1) is 0 Å². The Morgan fingerprint density at radius 3 is 2.69 bits per heavy atom. The standard InChI is InChI=1S/C23H28N2O6S/c1-17-13-21(18(2)25(17)15-20-9-6-11-30-20)22(26)16-31-23(27)14-24-32(28,29)12-10-19-7-4-3-5-8-19/h3-5,7-8,10,12-13,20,24H,6,9,11,14-16H2,1-2H3/b12-10+. The second-order valence-corrected chi connectivity index (χ2v) is 9.34. The Balaban J connectivity index is 1.49. The molecule has 1 aromatic carbocycles. The van der Waals surface area contributed by atoms with E-state index in [4.69, 9.17) is 9.47 Å². The van der Waals surface area contributed by atoms with Crippen LogP contribution in [0.2, 0.25) is 0 Å². The second-order valence-electron chi connectivity index (χ2n) is 7.69. The van der Waals surface area contributed by atoms with Gasteiger partial charge in [0.25, 0.3) is 0 Å². The van der Waals surface area contributed by atoms with Crippen molar-refractivity contribution in [3.8, 4) is 0 Å². The maximum Gasteiger partial charge on any atom is 0.321 e. The van der Waals surface area contributed by atoms with E-state index in [1.54, 1.807) is 30.3 Å². The molecule has 1 atom stereocenters. The third-order valence-corrected chi connectivity index (χ3v) is 6.35. The number of hydrogen-bond acceptors (Lipinski definition) is 6. The van der Waals surface area contributed by atoms with E-state index in [-0.39, 0.29) is 11.9 Å². The highest BCUT2D eigenvalue weighted by Gasteiger charge is 2.22. The van der Waals surface area contributed by atoms with E-state index in [1.807, 2.05) is 24.5 Å². The Morgan fingerprint density at radius 2 is 2.00 bits per heavy atom. The quantitative estimate of drug-likeness (QED) is 0.432. The van der Waals surface area contributed by atoms with Crippen LogP contribution in [0.4, 0.5) is 0 Å². The molecule has 0 aliphatic carbocycles. The first-order chi connectivity index (χ1) is 15.2. The number of esters is 1. The summed E-state index contributed by atoms with van der Waals surface area (Å²) in [7, 11) is -3.82. The molecule has 172 valence electrons. The van der Waals surface area contributed by atoms with Crippen LogP contribution in [0.3, 0.4) is 0 Å². The maximum absolute atomic E-state index is 12.6. The van der Waals surface area contributed by atoms with Gasteiger partial charge >= 0.3 is 5.97 Å². The maximum atomic E-state index is 12.6. The zero-order valence-corrected chi connectivity index (χ0v) is 19.1. The SMILES string of the molecule is Cc1cc(C(=O)COC(=O)CNS(=O)(=O)/C=C/c2ccccc2)c(C)n1CC1CCCO1. The van der Waals surface area contributed by atoms with Crippen molar-refractivity contribution in [3.63, 3.8) is 0 Å². The van der Waals surface area contributed by atoms with Gasteiger partial charge in [0.2, 0.25) is 15.8 Å². The summed E-state index contributed by atoms with van der Waals surface area (Å²) in [4.78, 5) is 24.5. The van der Waals surface area contributed by atoms with E-state index in [1.165, 1.54) is 6.08 Å². The number of rotatable bonds is 10. The molecular formula is C23H28N2O6S. The van der Waals surface area contributed by atoms with Crippen molar-refractivity contribution in [3.05, 3.63) is 64.3 Å². The second kappa shape index (κ2) is 10.7. The highest BCUT2D eigenvalue weighted by Crippen LogP contribution is 2.20. The molecule has 9 heteroatoms. The van der Waals surface area contributed by atoms with Crippen LogP contribution in [0.15, 0.2) is 41.8 Å². The summed E-state index contributed by atoms with van der Waals surface area (Å²) in [5.74, 6) is -1.17. The summed E-state index contributed by atoms with van der Waals surface area (Å²) in [5.41, 5.74) is 2.93. The number of ketones is 1. The number of nitrogens with one attached hydrogen (secondary N) is 1. The summed E-state index contributed by atoms with van der Waals surface area (Å²) in [6.45, 7) is 4.20. The molecule has 0 bridgehead atoms. The Morgan fingerprint density at radius 1 is 1.25 bits per heavy atom. The zero-order chi connectivity index (χ0) is 23.1. The third-order valence-electron chi connectivity index (χ3n) is 5.31. The van der Waals surface area contributed by atoms with Crippen molar-refractivity contribution in [2.24, 2.45) is 0 Å². The van der Waals surface area contributed by atoms with E-state index in [2.05, 4.69) is 4.72 Å². The van der Waals surface area contributed by atoms with Crippen LogP contribution in [-0.2, 0) is 30.8 Å². The fourth-order valence-corrected chi connectivity index (χ4v) is 4.32. The number of carbonyl (C=O) groups is 2. The largest absolute Gasteiger partial charge is 0.456 e. The van der Waals surface area contributed by atoms with Gasteiger partial charge < -0.3 is 14.0 Å². The van der Waals surface area contributed by atoms with Crippen molar-refractivity contribution in [1.82, 2.24) is 9.29 Å². The summed E-state index contributed by atoms with van der Waals surface area (Å²) in [6.07, 6.45) is 3.60. The van der Waals surface area contributed by atoms with Crippen LogP contribution in [0.1, 0.15) is 40.2 Å². The number of ether oxygens (including phenoxy) is 2. The van der Waals surface area contributed by atoms with Crippen LogP contribution in [0.25, 0.3) is 6.08 Å². The highest BCUT2D eigenvalue weighted by atomic mass is 32.2. The number of carbonyl (C=O) groups excluding carboxylic acids is 2. The molecule has 3 rings (SSSR count). The lowest BCUT2D eigenvalue weighted by atomic mass is 10.1. The highest BCUT2D eigenvalue weighted by molar-refractivity contribution is 7.92. The molecule has 1 unspecified atom stereocenters. The average Bonchev–Trinajstić information content (AvgIpc) is 3.39. The minimum atomic E-state index is -3.82. The fourth-order valence-electron chi connectivity index (χ4n) is 3.57. The molecule has 0 radical (unpaired) electrons. The molecule has 1 aliphatic heterocycles. The molecule has 1 N–H and O–H groups in total. The van der Waals surface area contributed by atoms with E-state index in [9.17, 15) is 18.0 Å². The smallest absolute Gasteiger partial charge is 0.321 e. The van der Waals surface area contributed by atoms with Crippen molar-refractivity contribution in [2.45, 2.75) is 39.3 Å². The number of nitrogens with zero attached hydrogens (tertiary/aromatic N) is 1. The molecule has 1 saturated heterocycles. The monoisotopic (exact) mass is 460 g/mol. The van der Waals surface area contributed by atoms with Crippen LogP contribution in [-0.4, -0.2) is 50.6 Å². The normalized spacial score (nSPS) is 16.5. The molecule has 32 heavy (non-hydrogen) atoms. The van der Waals surface area contributed by atoms with Gasteiger partial charge in [0.1, 0.15) is 6.54 Å². The first-order valence-corrected chi connectivity index (χ1v) is 12.0. The molecule has 0 amide bonds. The lowest BCUT2D eigenvalue weighted by Gasteiger charge is -2.14. The molecule has 1 fully saturated rings. The van der Waals surface area contributed by atoms with E-state index < -0.39 is 29.1 Å². The van der Waals surface area contributed by atoms with E-state index in [0.717, 1.165) is 36.2 Å². The first-order valence-electron chi connectivity index (χ1n) is 10.4. The predicted octanol–water partition coefficient (Wildman–Crippen LogP) is 2.60. The molecule has 0 spiro atoms. The summed E-state index contributed by atoms with van der Waals surface area (Å²) in [5, 5.41) is 0.976. The Hall–Kier alpha value is -2.75. The van der Waals surface area contributed by atoms with Gasteiger partial charge in [0.15, 0.2) is 6.61 Å². The molecule has 2 heterocycles. The van der Waals surface area contributed by atoms with Gasteiger partial charge in [-0.25, -0.2) is 13.1 Å². The summed E-state index contributed by atoms with van der Waals surface area (Å²) in [6, 6.07) is 10.7. The lowest BCUT2D eigenvalue weighted by molar-refractivity contribution is -0.141. The number of Topliss-reactive ketones (excluding diaryl/α,β-unsaturated/α-hetero) is 1. The number of aryl methyl sites for hydroxylation is 1. The van der Waals surface area contributed by atoms with Gasteiger partial charge in [-0.05, 0) is 44.4 Å². The van der Waals surface area contributed by atoms with Gasteiger partial charge in [-0.3, -0.25) is 9.59 Å². The van der Waals surface area contributed by atoms with E-state index >= 15 is 0 Å². The number of hydrogen-bond donors (Lipinski definition) is 1. The lowest BCUT2D eigenvalue weighted by Crippen LogP contribution is -2.30. The number of sulfonamides is 1. The van der Waals surface area contributed by atoms with Crippen molar-refractivity contribution < 1.29 is 27.5 Å². The average molecular weight is 461 g/mol. The molecule has 0 saturated carbocycles. The molecule has 1 aliphatic rings. The van der Waals surface area contributed by atoms with Gasteiger partial charge in [-0.1, -0.05) is 30.3 Å². The third kappa shape index (κ3) is 6.62. The van der Waals surface area contributed by atoms with Gasteiger partial charge in [0.05, 0.1) is 6.10 Å². The van der Waals surface area contributed by atoms with Crippen molar-refractivity contribution in [1.29, 1.82) is 0 Å². The zero-order valence-electron chi connectivity index (χ0n) is 18.2.